The second-order valence-corrected chi connectivity index (χ2v) is 5.36. The first kappa shape index (κ1) is 22.1. The number of aliphatic carboxylic acids is 1. The Morgan fingerprint density at radius 3 is 2.12 bits per heavy atom. The molecule has 0 saturated heterocycles. The topological polar surface area (TPSA) is 77.8 Å². The van der Waals surface area contributed by atoms with Crippen LogP contribution in [0.2, 0.25) is 0 Å². The number of hydrogen-bond donors (Lipinski definition) is 3. The zero-order valence-electron chi connectivity index (χ0n) is 14.4. The van der Waals surface area contributed by atoms with E-state index in [0.717, 1.165) is 12.8 Å². The number of aliphatic hydroxyl groups is 2. The third-order valence-electron chi connectivity index (χ3n) is 3.22. The van der Waals surface area contributed by atoms with E-state index < -0.39 is 18.2 Å². The van der Waals surface area contributed by atoms with Crippen LogP contribution in [0.3, 0.4) is 0 Å². The summed E-state index contributed by atoms with van der Waals surface area (Å²) in [6.45, 7) is 1.83. The van der Waals surface area contributed by atoms with Crippen LogP contribution in [0.1, 0.15) is 45.4 Å². The van der Waals surface area contributed by atoms with Gasteiger partial charge in [-0.1, -0.05) is 67.7 Å². The van der Waals surface area contributed by atoms with E-state index in [2.05, 4.69) is 0 Å². The average molecular weight is 334 g/mol. The largest absolute Gasteiger partial charge is 0.481 e. The summed E-state index contributed by atoms with van der Waals surface area (Å²) in [6, 6.07) is 0. The fourth-order valence-corrected chi connectivity index (χ4v) is 1.77. The van der Waals surface area contributed by atoms with Crippen molar-refractivity contribution < 1.29 is 20.1 Å². The summed E-state index contributed by atoms with van der Waals surface area (Å²) < 4.78 is 0. The Labute approximate surface area is 145 Å². The van der Waals surface area contributed by atoms with E-state index >= 15 is 0 Å². The van der Waals surface area contributed by atoms with Gasteiger partial charge < -0.3 is 15.3 Å². The van der Waals surface area contributed by atoms with E-state index in [1.54, 1.807) is 6.08 Å². The molecule has 4 nitrogen and oxygen atoms in total. The molecule has 0 amide bonds. The van der Waals surface area contributed by atoms with Crippen LogP contribution >= 0.6 is 0 Å². The van der Waals surface area contributed by atoms with Crippen LogP contribution in [-0.2, 0) is 4.79 Å². The fourth-order valence-electron chi connectivity index (χ4n) is 1.77. The van der Waals surface area contributed by atoms with Crippen molar-refractivity contribution >= 4 is 5.97 Å². The van der Waals surface area contributed by atoms with E-state index in [-0.39, 0.29) is 6.42 Å². The van der Waals surface area contributed by atoms with Gasteiger partial charge in [-0.25, -0.2) is 0 Å². The molecule has 0 aromatic rings. The zero-order chi connectivity index (χ0) is 18.0. The number of allylic oxidation sites excluding steroid dienone is 9. The van der Waals surface area contributed by atoms with Gasteiger partial charge >= 0.3 is 5.97 Å². The number of aliphatic hydroxyl groups excluding tert-OH is 2. The van der Waals surface area contributed by atoms with E-state index in [4.69, 9.17) is 5.11 Å². The quantitative estimate of drug-likeness (QED) is 0.271. The molecule has 0 rings (SSSR count). The summed E-state index contributed by atoms with van der Waals surface area (Å²) in [5.74, 6) is -0.744. The molecule has 0 spiro atoms. The van der Waals surface area contributed by atoms with Gasteiger partial charge in [0.15, 0.2) is 0 Å². The van der Waals surface area contributed by atoms with Crippen LogP contribution in [0.4, 0.5) is 0 Å². The molecule has 4 heteroatoms. The van der Waals surface area contributed by atoms with Crippen molar-refractivity contribution in [1.82, 2.24) is 0 Å². The van der Waals surface area contributed by atoms with Crippen LogP contribution in [0.25, 0.3) is 0 Å². The normalized spacial score (nSPS) is 15.5. The number of carboxylic acids is 1. The van der Waals surface area contributed by atoms with Gasteiger partial charge in [0.1, 0.15) is 0 Å². The summed E-state index contributed by atoms with van der Waals surface area (Å²) in [5, 5.41) is 27.4. The molecular weight excluding hydrogens is 304 g/mol. The minimum Gasteiger partial charge on any atom is -0.481 e. The Morgan fingerprint density at radius 1 is 0.917 bits per heavy atom. The first-order valence-corrected chi connectivity index (χ1v) is 8.45. The van der Waals surface area contributed by atoms with Crippen molar-refractivity contribution in [3.8, 4) is 0 Å². The molecule has 0 bridgehead atoms. The lowest BCUT2D eigenvalue weighted by Gasteiger charge is -2.10. The monoisotopic (exact) mass is 334 g/mol. The third-order valence-corrected chi connectivity index (χ3v) is 3.22. The van der Waals surface area contributed by atoms with Gasteiger partial charge in [0, 0.05) is 6.42 Å². The van der Waals surface area contributed by atoms with Gasteiger partial charge in [-0.15, -0.1) is 0 Å². The number of carbonyl (C=O) groups is 1. The van der Waals surface area contributed by atoms with Gasteiger partial charge in [-0.2, -0.15) is 0 Å². The molecule has 0 saturated carbocycles. The molecule has 3 N–H and O–H groups in total. The standard InChI is InChI=1S/C20H30O4/c1-2-18(21)19(22)16-14-12-10-8-6-4-3-5-7-9-11-13-15-17-20(23)24/h3-6,8-11,14,16,18-19,21-22H,2,7,12-13,15,17H2,1H3,(H,23,24)/b5-3-,6-4-,10-8+,11-9-,16-14+/t18-,19+/m0/s1. The summed E-state index contributed by atoms with van der Waals surface area (Å²) in [5.41, 5.74) is 0. The predicted molar refractivity (Wildman–Crippen MR) is 98.7 cm³/mol. The highest BCUT2D eigenvalue weighted by Crippen LogP contribution is 2.01. The highest BCUT2D eigenvalue weighted by molar-refractivity contribution is 5.66. The zero-order valence-corrected chi connectivity index (χ0v) is 14.4. The number of carboxylic acid groups (broad SMARTS) is 1. The van der Waals surface area contributed by atoms with Gasteiger partial charge in [0.2, 0.25) is 0 Å². The third kappa shape index (κ3) is 15.0. The average Bonchev–Trinajstić information content (AvgIpc) is 2.57. The number of unbranched alkanes of at least 4 members (excludes halogenated alkanes) is 1. The maximum Gasteiger partial charge on any atom is 0.303 e. The molecule has 0 aliphatic heterocycles. The Bertz CT molecular complexity index is 458. The molecule has 0 aliphatic carbocycles. The van der Waals surface area contributed by atoms with Crippen molar-refractivity contribution in [3.63, 3.8) is 0 Å². The summed E-state index contributed by atoms with van der Waals surface area (Å²) in [6.07, 6.45) is 21.5. The Kier molecular flexibility index (Phi) is 14.7. The van der Waals surface area contributed by atoms with Crippen LogP contribution in [0, 0.1) is 0 Å². The van der Waals surface area contributed by atoms with E-state index in [1.807, 2.05) is 61.6 Å². The maximum atomic E-state index is 10.3. The predicted octanol–water partition coefficient (Wildman–Crippen LogP) is 3.93. The Hall–Kier alpha value is -1.91. The first-order chi connectivity index (χ1) is 11.6. The van der Waals surface area contributed by atoms with Crippen molar-refractivity contribution in [2.75, 3.05) is 0 Å². The molecule has 0 unspecified atom stereocenters. The number of hydrogen-bond acceptors (Lipinski definition) is 3. The molecule has 0 heterocycles. The lowest BCUT2D eigenvalue weighted by molar-refractivity contribution is -0.137. The molecule has 134 valence electrons. The number of rotatable bonds is 13. The highest BCUT2D eigenvalue weighted by Gasteiger charge is 2.08. The minimum atomic E-state index is -0.793. The molecule has 2 atom stereocenters. The Balaban J connectivity index is 3.71. The molecule has 0 aromatic heterocycles. The Morgan fingerprint density at radius 2 is 1.54 bits per heavy atom. The minimum absolute atomic E-state index is 0.225. The van der Waals surface area contributed by atoms with Gasteiger partial charge in [0.05, 0.1) is 12.2 Å². The SMILES string of the molecule is CC[C@H](O)[C@H](O)/C=C/C/C=C/C=C\C=C/C/C=C\CCCC(=O)O. The van der Waals surface area contributed by atoms with Crippen LogP contribution in [-0.4, -0.2) is 33.5 Å². The molecule has 0 aliphatic rings. The smallest absolute Gasteiger partial charge is 0.303 e. The van der Waals surface area contributed by atoms with Gasteiger partial charge in [-0.3, -0.25) is 4.79 Å². The second kappa shape index (κ2) is 16.0. The fraction of sp³-hybridized carbons (Fsp3) is 0.450. The molecule has 0 radical (unpaired) electrons. The highest BCUT2D eigenvalue weighted by atomic mass is 16.4. The van der Waals surface area contributed by atoms with E-state index in [9.17, 15) is 15.0 Å². The van der Waals surface area contributed by atoms with Crippen LogP contribution in [0.15, 0.2) is 60.8 Å². The van der Waals surface area contributed by atoms with Crippen LogP contribution in [0.5, 0.6) is 0 Å². The second-order valence-electron chi connectivity index (χ2n) is 5.36. The molecule has 0 fully saturated rings. The van der Waals surface area contributed by atoms with Crippen LogP contribution < -0.4 is 0 Å². The maximum absolute atomic E-state index is 10.3. The molecule has 0 aromatic carbocycles. The van der Waals surface area contributed by atoms with E-state index in [1.165, 1.54) is 0 Å². The summed E-state index contributed by atoms with van der Waals surface area (Å²) in [7, 11) is 0. The first-order valence-electron chi connectivity index (χ1n) is 8.45. The molecular formula is C20H30O4. The lowest BCUT2D eigenvalue weighted by atomic mass is 10.1. The van der Waals surface area contributed by atoms with E-state index in [0.29, 0.717) is 19.3 Å². The van der Waals surface area contributed by atoms with Crippen molar-refractivity contribution in [1.29, 1.82) is 0 Å². The summed E-state index contributed by atoms with van der Waals surface area (Å²) in [4.78, 5) is 10.3. The van der Waals surface area contributed by atoms with Crippen molar-refractivity contribution in [2.45, 2.75) is 57.7 Å². The lowest BCUT2D eigenvalue weighted by Crippen LogP contribution is -2.22. The van der Waals surface area contributed by atoms with Gasteiger partial charge in [0.25, 0.3) is 0 Å². The van der Waals surface area contributed by atoms with Gasteiger partial charge in [-0.05, 0) is 32.1 Å². The summed E-state index contributed by atoms with van der Waals surface area (Å²) >= 11 is 0. The van der Waals surface area contributed by atoms with Crippen molar-refractivity contribution in [3.05, 3.63) is 60.8 Å². The van der Waals surface area contributed by atoms with Crippen molar-refractivity contribution in [2.24, 2.45) is 0 Å². The molecule has 24 heavy (non-hydrogen) atoms.